The van der Waals surface area contributed by atoms with Crippen molar-refractivity contribution in [2.45, 2.75) is 35.5 Å². The number of anilines is 5. The maximum absolute atomic E-state index is 4.10. The molecule has 504 valence electrons. The van der Waals surface area contributed by atoms with Gasteiger partial charge in [-0.05, 0) is 261 Å². The summed E-state index contributed by atoms with van der Waals surface area (Å²) in [5, 5.41) is 13.8. The largest absolute Gasteiger partial charge is 0.356 e. The van der Waals surface area contributed by atoms with Gasteiger partial charge in [0.15, 0.2) is 0 Å². The Labute approximate surface area is 628 Å². The highest BCUT2D eigenvalue weighted by Gasteiger charge is 2.49. The predicted octanol–water partition coefficient (Wildman–Crippen LogP) is 27.1. The van der Waals surface area contributed by atoms with Crippen molar-refractivity contribution in [1.82, 2.24) is 0 Å². The van der Waals surface area contributed by atoms with Gasteiger partial charge >= 0.3 is 0 Å². The fraction of sp³-hybridized carbons (Fsp3) is 0.0755. The summed E-state index contributed by atoms with van der Waals surface area (Å²) in [5.41, 5.74) is 37.9. The van der Waals surface area contributed by atoms with Crippen LogP contribution < -0.4 is 10.2 Å². The highest BCUT2D eigenvalue weighted by Crippen LogP contribution is 2.62. The van der Waals surface area contributed by atoms with Gasteiger partial charge < -0.3 is 10.2 Å². The number of hydrogen-bond donors (Lipinski definition) is 1. The van der Waals surface area contributed by atoms with Crippen LogP contribution in [0.3, 0.4) is 0 Å². The average molecular weight is 1370 g/mol. The summed E-state index contributed by atoms with van der Waals surface area (Å²) in [6, 6.07) is 133. The second-order valence-corrected chi connectivity index (χ2v) is 31.2. The van der Waals surface area contributed by atoms with E-state index in [2.05, 4.69) is 380 Å². The lowest BCUT2D eigenvalue weighted by Gasteiger charge is -2.50. The summed E-state index contributed by atoms with van der Waals surface area (Å²) < 4.78 is 0. The Morgan fingerprint density at radius 2 is 0.528 bits per heavy atom. The number of fused-ring (bicyclic) bond motifs is 5. The van der Waals surface area contributed by atoms with Gasteiger partial charge in [-0.2, -0.15) is 0 Å². The molecule has 0 heterocycles. The Bertz CT molecular complexity index is 6540. The van der Waals surface area contributed by atoms with Crippen LogP contribution in [0.2, 0.25) is 0 Å². The molecular formula is C106H70N2. The maximum Gasteiger partial charge on any atom is 0.0468 e. The van der Waals surface area contributed by atoms with Crippen LogP contribution in [0.4, 0.5) is 28.4 Å². The molecule has 10 aliphatic rings. The Kier molecular flexibility index (Phi) is 12.9. The average Bonchev–Trinajstić information content (AvgIpc) is 0.707. The van der Waals surface area contributed by atoms with Crippen LogP contribution in [0.15, 0.2) is 370 Å². The second kappa shape index (κ2) is 23.2. The number of allylic oxidation sites excluding steroid dienone is 4. The fourth-order valence-electron chi connectivity index (χ4n) is 21.4. The van der Waals surface area contributed by atoms with Crippen LogP contribution >= 0.6 is 0 Å². The molecule has 4 atom stereocenters. The molecule has 0 saturated heterocycles. The first-order valence-electron chi connectivity index (χ1n) is 38.6. The van der Waals surface area contributed by atoms with Crippen LogP contribution in [0.1, 0.15) is 125 Å². The normalized spacial score (nSPS) is 19.2. The van der Waals surface area contributed by atoms with E-state index in [-0.39, 0.29) is 29.6 Å². The first kappa shape index (κ1) is 60.2. The maximum atomic E-state index is 4.10. The molecule has 27 rings (SSSR count). The Morgan fingerprint density at radius 3 is 1.00 bits per heavy atom. The summed E-state index contributed by atoms with van der Waals surface area (Å²) in [7, 11) is 0. The van der Waals surface area contributed by atoms with E-state index in [4.69, 9.17) is 0 Å². The Balaban J connectivity index is 0.735. The summed E-state index contributed by atoms with van der Waals surface area (Å²) in [5.74, 6) is 1.98. The minimum absolute atomic E-state index is 0.104. The lowest BCUT2D eigenvalue weighted by atomic mass is 9.53. The van der Waals surface area contributed by atoms with Crippen molar-refractivity contribution in [2.24, 2.45) is 11.8 Å². The molecule has 0 saturated carbocycles. The van der Waals surface area contributed by atoms with Crippen LogP contribution in [0.5, 0.6) is 0 Å². The minimum Gasteiger partial charge on any atom is -0.356 e. The van der Waals surface area contributed by atoms with Crippen molar-refractivity contribution < 1.29 is 0 Å². The van der Waals surface area contributed by atoms with E-state index in [1.165, 1.54) is 171 Å². The summed E-state index contributed by atoms with van der Waals surface area (Å²) >= 11 is 0. The number of nitrogens with zero attached hydrogens (tertiary/aromatic N) is 1. The first-order chi connectivity index (χ1) is 53.5. The van der Waals surface area contributed by atoms with E-state index in [1.54, 1.807) is 0 Å². The number of hydrogen-bond acceptors (Lipinski definition) is 2. The third kappa shape index (κ3) is 8.83. The van der Waals surface area contributed by atoms with E-state index in [0.717, 1.165) is 34.0 Å². The highest BCUT2D eigenvalue weighted by molar-refractivity contribution is 6.23. The topological polar surface area (TPSA) is 15.3 Å². The molecule has 2 nitrogen and oxygen atoms in total. The fourth-order valence-corrected chi connectivity index (χ4v) is 21.4. The lowest BCUT2D eigenvalue weighted by molar-refractivity contribution is 0.331. The molecule has 0 radical (unpaired) electrons. The second-order valence-electron chi connectivity index (χ2n) is 31.2. The van der Waals surface area contributed by atoms with Crippen molar-refractivity contribution >= 4 is 71.5 Å². The molecule has 1 N–H and O–H groups in total. The van der Waals surface area contributed by atoms with Gasteiger partial charge in [0.1, 0.15) is 0 Å². The minimum atomic E-state index is 0.104. The molecule has 0 aliphatic heterocycles. The first-order valence-corrected chi connectivity index (χ1v) is 38.6. The van der Waals surface area contributed by atoms with Crippen molar-refractivity contribution in [2.75, 3.05) is 10.2 Å². The standard InChI is InChI=1S/C106H70N2/c1-3-19-68-55-70(43-37-62(68)17-1)64-33-39-66(40-34-64)99-89-50-45-72(107-73-46-51-91-96(58-73)104-83-27-11-5-21-77(83)101(91)78-22-6-12-28-84(78)104)57-94(89)95-59-74(47-52-90(95)100(99)67-41-35-65(36-42-67)71-44-38-63-18-2-4-20-69(63)56-71)108(75-48-53-92-97(60-75)105-85-29-13-7-23-79(85)102(92)80-24-8-14-30-86(80)105)76-49-54-93-98(61-76)106-87-31-15-9-25-81(87)103(93)82-26-10-16-32-88(82)106/h1-61,77,83,101-107H. The van der Waals surface area contributed by atoms with Crippen molar-refractivity contribution in [3.05, 3.63) is 459 Å². The van der Waals surface area contributed by atoms with E-state index in [9.17, 15) is 0 Å². The van der Waals surface area contributed by atoms with E-state index in [0.29, 0.717) is 17.8 Å². The number of rotatable bonds is 9. The molecular weight excluding hydrogens is 1300 g/mol. The van der Waals surface area contributed by atoms with Crippen LogP contribution in [-0.2, 0) is 0 Å². The van der Waals surface area contributed by atoms with Gasteiger partial charge in [0, 0.05) is 63.9 Å². The molecule has 10 aliphatic carbocycles. The zero-order valence-electron chi connectivity index (χ0n) is 59.3. The van der Waals surface area contributed by atoms with Crippen LogP contribution in [0.25, 0.3) is 87.6 Å². The van der Waals surface area contributed by atoms with Crippen LogP contribution in [0, 0.1) is 11.8 Å². The molecule has 0 fully saturated rings. The molecule has 0 amide bonds. The molecule has 6 bridgehead atoms. The smallest absolute Gasteiger partial charge is 0.0468 e. The van der Waals surface area contributed by atoms with Crippen molar-refractivity contribution in [1.29, 1.82) is 0 Å². The van der Waals surface area contributed by atoms with Crippen LogP contribution in [-0.4, -0.2) is 0 Å². The van der Waals surface area contributed by atoms with Crippen molar-refractivity contribution in [3.63, 3.8) is 0 Å². The van der Waals surface area contributed by atoms with E-state index < -0.39 is 0 Å². The Hall–Kier alpha value is -13.1. The summed E-state index contributed by atoms with van der Waals surface area (Å²) in [6.07, 6.45) is 9.50. The van der Waals surface area contributed by atoms with Gasteiger partial charge in [-0.25, -0.2) is 0 Å². The number of nitrogens with one attached hydrogen (secondary N) is 1. The van der Waals surface area contributed by atoms with Gasteiger partial charge in [-0.15, -0.1) is 0 Å². The quantitative estimate of drug-likeness (QED) is 0.145. The van der Waals surface area contributed by atoms with E-state index in [1.807, 2.05) is 0 Å². The summed E-state index contributed by atoms with van der Waals surface area (Å²) in [4.78, 5) is 2.60. The third-order valence-corrected chi connectivity index (χ3v) is 25.9. The molecule has 0 spiro atoms. The SMILES string of the molecule is C1=CC2C3c4ccccc4C(c4cc(Nc5ccc6c(-c7ccc(-c8ccc9ccccc9c8)cc7)c(-c7ccc(-c8ccc9ccccc9c8)cc7)c7ccc(N(c8ccc9c(c8)C8c%10ccccc%10C9c9ccccc98)c8ccc9c(c8)C8c%10ccccc%10C9c9ccccc98)cc7c6c5)ccc43)C2C=C1. The highest BCUT2D eigenvalue weighted by atomic mass is 15.1. The van der Waals surface area contributed by atoms with Gasteiger partial charge in [0.2, 0.25) is 0 Å². The van der Waals surface area contributed by atoms with Gasteiger partial charge in [-0.3, -0.25) is 0 Å². The monoisotopic (exact) mass is 1370 g/mol. The third-order valence-electron chi connectivity index (χ3n) is 25.9. The molecule has 4 unspecified atom stereocenters. The van der Waals surface area contributed by atoms with Gasteiger partial charge in [-0.1, -0.05) is 297 Å². The zero-order valence-corrected chi connectivity index (χ0v) is 59.3. The number of benzene rings is 17. The zero-order chi connectivity index (χ0) is 70.4. The van der Waals surface area contributed by atoms with Crippen molar-refractivity contribution in [3.8, 4) is 44.5 Å². The summed E-state index contributed by atoms with van der Waals surface area (Å²) in [6.45, 7) is 0. The Morgan fingerprint density at radius 1 is 0.204 bits per heavy atom. The van der Waals surface area contributed by atoms with Gasteiger partial charge in [0.25, 0.3) is 0 Å². The molecule has 108 heavy (non-hydrogen) atoms. The lowest BCUT2D eigenvalue weighted by Crippen LogP contribution is -2.38. The molecule has 17 aromatic carbocycles. The van der Waals surface area contributed by atoms with E-state index >= 15 is 0 Å². The molecule has 2 heteroatoms. The van der Waals surface area contributed by atoms with Gasteiger partial charge in [0.05, 0.1) is 0 Å². The predicted molar refractivity (Wildman–Crippen MR) is 448 cm³/mol. The molecule has 17 aromatic rings. The molecule has 0 aromatic heterocycles.